The lowest BCUT2D eigenvalue weighted by molar-refractivity contribution is -0.161. The summed E-state index contributed by atoms with van der Waals surface area (Å²) in [6.07, 6.45) is 67.8. The Bertz CT molecular complexity index is 2060. The monoisotopic (exact) mass is 1400 g/mol. The van der Waals surface area contributed by atoms with E-state index in [-0.39, 0.29) is 25.7 Å². The highest BCUT2D eigenvalue weighted by atomic mass is 31.2. The van der Waals surface area contributed by atoms with E-state index in [4.69, 9.17) is 37.0 Å². The molecule has 5 unspecified atom stereocenters. The molecular formula is C77H140O17P2. The Labute approximate surface area is 584 Å². The molecule has 0 aliphatic heterocycles. The summed E-state index contributed by atoms with van der Waals surface area (Å²) < 4.78 is 68.4. The van der Waals surface area contributed by atoms with Gasteiger partial charge >= 0.3 is 39.5 Å². The Morgan fingerprint density at radius 1 is 0.302 bits per heavy atom. The minimum absolute atomic E-state index is 0.0971. The molecule has 0 spiro atoms. The molecule has 0 saturated heterocycles. The van der Waals surface area contributed by atoms with E-state index < -0.39 is 97.5 Å². The van der Waals surface area contributed by atoms with E-state index in [1.807, 2.05) is 0 Å². The molecule has 0 radical (unpaired) electrons. The van der Waals surface area contributed by atoms with Gasteiger partial charge in [-0.05, 0) is 89.9 Å². The van der Waals surface area contributed by atoms with Crippen molar-refractivity contribution in [1.82, 2.24) is 0 Å². The summed E-state index contributed by atoms with van der Waals surface area (Å²) in [4.78, 5) is 72.8. The van der Waals surface area contributed by atoms with Gasteiger partial charge in [-0.2, -0.15) is 0 Å². The van der Waals surface area contributed by atoms with E-state index in [2.05, 4.69) is 88.5 Å². The number of carbonyl (C=O) groups excluding carboxylic acids is 4. The van der Waals surface area contributed by atoms with Crippen LogP contribution in [0.15, 0.2) is 60.8 Å². The van der Waals surface area contributed by atoms with Crippen molar-refractivity contribution >= 4 is 39.5 Å². The minimum atomic E-state index is -4.97. The van der Waals surface area contributed by atoms with Crippen LogP contribution >= 0.6 is 15.6 Å². The molecule has 0 bridgehead atoms. The van der Waals surface area contributed by atoms with Crippen LogP contribution in [-0.4, -0.2) is 96.7 Å². The SMILES string of the molecule is CC/C=C\C/C=C\C/C=C\C/C=C\CCCCCCCCC(=O)OCC(COP(=O)(O)OCC(O)COP(=O)(O)OCC(COC(=O)CCCCCCC/C=C\CCCCCC)OC(=O)CCCCCCCCCCCCCCC)OC(=O)CCCCCCCCCCCCC. The fourth-order valence-corrected chi connectivity index (χ4v) is 12.2. The third-order valence-corrected chi connectivity index (χ3v) is 18.4. The third kappa shape index (κ3) is 69.2. The van der Waals surface area contributed by atoms with Gasteiger partial charge in [-0.3, -0.25) is 37.3 Å². The number of unbranched alkanes of at least 4 members (excludes halogenated alkanes) is 37. The number of phosphoric acid groups is 2. The number of phosphoric ester groups is 2. The average molecular weight is 1400 g/mol. The van der Waals surface area contributed by atoms with Crippen molar-refractivity contribution in [2.75, 3.05) is 39.6 Å². The zero-order valence-electron chi connectivity index (χ0n) is 61.1. The van der Waals surface area contributed by atoms with Crippen molar-refractivity contribution in [3.05, 3.63) is 60.8 Å². The van der Waals surface area contributed by atoms with Gasteiger partial charge in [0.1, 0.15) is 19.3 Å². The number of rotatable bonds is 73. The fourth-order valence-electron chi connectivity index (χ4n) is 10.6. The second-order valence-electron chi connectivity index (χ2n) is 25.9. The Balaban J connectivity index is 5.27. The van der Waals surface area contributed by atoms with Crippen LogP contribution in [0.1, 0.15) is 349 Å². The second kappa shape index (κ2) is 70.2. The summed E-state index contributed by atoms with van der Waals surface area (Å²) in [6, 6.07) is 0. The maximum Gasteiger partial charge on any atom is 0.472 e. The summed E-state index contributed by atoms with van der Waals surface area (Å²) in [7, 11) is -9.93. The summed E-state index contributed by atoms with van der Waals surface area (Å²) in [6.45, 7) is 4.77. The molecule has 0 aromatic carbocycles. The van der Waals surface area contributed by atoms with Gasteiger partial charge < -0.3 is 33.8 Å². The average Bonchev–Trinajstić information content (AvgIpc) is 1.11. The summed E-state index contributed by atoms with van der Waals surface area (Å²) in [5, 5.41) is 10.6. The molecular weight excluding hydrogens is 1260 g/mol. The van der Waals surface area contributed by atoms with Crippen LogP contribution in [0.2, 0.25) is 0 Å². The van der Waals surface area contributed by atoms with Gasteiger partial charge in [0.05, 0.1) is 26.4 Å². The first-order chi connectivity index (χ1) is 46.7. The Morgan fingerprint density at radius 2 is 0.542 bits per heavy atom. The fraction of sp³-hybridized carbons (Fsp3) is 0.818. The molecule has 19 heteroatoms. The number of ether oxygens (including phenoxy) is 4. The van der Waals surface area contributed by atoms with Gasteiger partial charge in [0.25, 0.3) is 0 Å². The Kier molecular flexibility index (Phi) is 67.8. The van der Waals surface area contributed by atoms with Crippen LogP contribution in [0, 0.1) is 0 Å². The van der Waals surface area contributed by atoms with Crippen LogP contribution in [0.5, 0.6) is 0 Å². The molecule has 3 N–H and O–H groups in total. The molecule has 0 heterocycles. The van der Waals surface area contributed by atoms with Crippen LogP contribution in [-0.2, 0) is 65.4 Å². The quantitative estimate of drug-likeness (QED) is 0.0169. The van der Waals surface area contributed by atoms with E-state index in [0.29, 0.717) is 25.7 Å². The first-order valence-corrected chi connectivity index (χ1v) is 41.5. The highest BCUT2D eigenvalue weighted by Gasteiger charge is 2.30. The van der Waals surface area contributed by atoms with Crippen LogP contribution in [0.25, 0.3) is 0 Å². The highest BCUT2D eigenvalue weighted by Crippen LogP contribution is 2.45. The number of aliphatic hydroxyl groups excluding tert-OH is 1. The molecule has 17 nitrogen and oxygen atoms in total. The molecule has 0 aliphatic carbocycles. The molecule has 0 aliphatic rings. The van der Waals surface area contributed by atoms with E-state index in [0.717, 1.165) is 154 Å². The summed E-state index contributed by atoms with van der Waals surface area (Å²) >= 11 is 0. The maximum atomic E-state index is 13.1. The van der Waals surface area contributed by atoms with Gasteiger partial charge in [-0.25, -0.2) is 9.13 Å². The number of hydrogen-bond acceptors (Lipinski definition) is 15. The number of carbonyl (C=O) groups is 4. The molecule has 96 heavy (non-hydrogen) atoms. The zero-order chi connectivity index (χ0) is 70.4. The van der Waals surface area contributed by atoms with Crippen LogP contribution in [0.3, 0.4) is 0 Å². The van der Waals surface area contributed by atoms with Gasteiger partial charge in [0, 0.05) is 25.7 Å². The van der Waals surface area contributed by atoms with Crippen molar-refractivity contribution in [3.63, 3.8) is 0 Å². The van der Waals surface area contributed by atoms with Gasteiger partial charge in [-0.15, -0.1) is 0 Å². The van der Waals surface area contributed by atoms with Crippen molar-refractivity contribution in [2.45, 2.75) is 367 Å². The predicted molar refractivity (Wildman–Crippen MR) is 390 cm³/mol. The number of aliphatic hydroxyl groups is 1. The van der Waals surface area contributed by atoms with Gasteiger partial charge in [0.2, 0.25) is 0 Å². The van der Waals surface area contributed by atoms with Gasteiger partial charge in [0.15, 0.2) is 12.2 Å². The molecule has 560 valence electrons. The number of esters is 4. The second-order valence-corrected chi connectivity index (χ2v) is 28.8. The standard InChI is InChI=1S/C77H140O17P2/c1-5-9-13-17-21-25-29-32-33-34-35-36-37-40-43-46-50-54-58-62-75(80)88-67-72(93-76(81)63-59-55-51-47-41-28-24-20-16-12-8-4)69-91-95(83,84)89-65-71(78)66-90-96(85,86)92-70-73(94-77(82)64-60-56-52-48-44-39-31-27-23-19-15-11-7-3)68-87-74(79)61-57-53-49-45-42-38-30-26-22-18-14-10-6-2/h9,13,21,25-26,30,32-33,35-36,71-73,78H,5-8,10-12,14-20,22-24,27-29,31,34,37-70H2,1-4H3,(H,83,84)(H,85,86)/b13-9-,25-21-,30-26-,33-32-,36-35-. The van der Waals surface area contributed by atoms with Crippen LogP contribution in [0.4, 0.5) is 0 Å². The molecule has 0 saturated carbocycles. The predicted octanol–water partition coefficient (Wildman–Crippen LogP) is 21.9. The summed E-state index contributed by atoms with van der Waals surface area (Å²) in [5.41, 5.74) is 0. The van der Waals surface area contributed by atoms with Gasteiger partial charge in [-0.1, -0.05) is 294 Å². The third-order valence-electron chi connectivity index (χ3n) is 16.5. The number of hydrogen-bond donors (Lipinski definition) is 3. The van der Waals surface area contributed by atoms with E-state index in [9.17, 15) is 43.2 Å². The van der Waals surface area contributed by atoms with Crippen molar-refractivity contribution in [3.8, 4) is 0 Å². The minimum Gasteiger partial charge on any atom is -0.462 e. The number of allylic oxidation sites excluding steroid dienone is 10. The largest absolute Gasteiger partial charge is 0.472 e. The Morgan fingerprint density at radius 3 is 0.854 bits per heavy atom. The van der Waals surface area contributed by atoms with Crippen molar-refractivity contribution in [1.29, 1.82) is 0 Å². The lowest BCUT2D eigenvalue weighted by Gasteiger charge is -2.21. The maximum absolute atomic E-state index is 13.1. The molecule has 5 atom stereocenters. The summed E-state index contributed by atoms with van der Waals surface area (Å²) in [5.74, 6) is -2.17. The molecule has 0 aromatic rings. The first-order valence-electron chi connectivity index (χ1n) is 38.5. The normalized spacial score (nSPS) is 14.3. The lowest BCUT2D eigenvalue weighted by atomic mass is 10.0. The zero-order valence-corrected chi connectivity index (χ0v) is 62.8. The van der Waals surface area contributed by atoms with Crippen molar-refractivity contribution in [2.24, 2.45) is 0 Å². The van der Waals surface area contributed by atoms with Crippen molar-refractivity contribution < 1.29 is 80.2 Å². The lowest BCUT2D eigenvalue weighted by Crippen LogP contribution is -2.30. The van der Waals surface area contributed by atoms with E-state index in [1.54, 1.807) is 0 Å². The van der Waals surface area contributed by atoms with E-state index in [1.165, 1.54) is 116 Å². The molecule has 0 amide bonds. The molecule has 0 rings (SSSR count). The van der Waals surface area contributed by atoms with Crippen LogP contribution < -0.4 is 0 Å². The molecule has 0 fully saturated rings. The Hall–Kier alpha value is -3.24. The highest BCUT2D eigenvalue weighted by molar-refractivity contribution is 7.47. The first kappa shape index (κ1) is 92.8. The molecule has 0 aromatic heterocycles. The smallest absolute Gasteiger partial charge is 0.462 e. The topological polar surface area (TPSA) is 237 Å². The van der Waals surface area contributed by atoms with E-state index >= 15 is 0 Å².